The number of nitrogens with zero attached hydrogens (tertiary/aromatic N) is 1. The van der Waals surface area contributed by atoms with Gasteiger partial charge in [-0.3, -0.25) is 0 Å². The van der Waals surface area contributed by atoms with Gasteiger partial charge in [0.1, 0.15) is 0 Å². The lowest BCUT2D eigenvalue weighted by Crippen LogP contribution is -1.97. The van der Waals surface area contributed by atoms with Crippen LogP contribution in [0.5, 0.6) is 0 Å². The predicted molar refractivity (Wildman–Crippen MR) is 64.0 cm³/mol. The molecule has 1 aromatic carbocycles. The first-order chi connectivity index (χ1) is 7.63. The number of hydrogen-bond acceptors (Lipinski definition) is 3. The smallest absolute Gasteiger partial charge is 0.171 e. The number of benzene rings is 1. The van der Waals surface area contributed by atoms with Gasteiger partial charge in [-0.1, -0.05) is 11.2 Å². The van der Waals surface area contributed by atoms with Gasteiger partial charge in [-0.15, -0.1) is 0 Å². The van der Waals surface area contributed by atoms with Crippen molar-refractivity contribution >= 4 is 0 Å². The van der Waals surface area contributed by atoms with Gasteiger partial charge in [-0.05, 0) is 43.5 Å². The molecule has 0 atom stereocenters. The number of rotatable bonds is 2. The maximum atomic E-state index is 5.65. The minimum Gasteiger partial charge on any atom is -0.356 e. The minimum absolute atomic E-state index is 0.450. The summed E-state index contributed by atoms with van der Waals surface area (Å²) in [7, 11) is 0. The van der Waals surface area contributed by atoms with Crippen molar-refractivity contribution in [1.82, 2.24) is 5.16 Å². The van der Waals surface area contributed by atoms with Crippen LogP contribution in [0, 0.1) is 20.8 Å². The molecule has 2 aromatic rings. The van der Waals surface area contributed by atoms with Crippen LogP contribution in [0.25, 0.3) is 11.3 Å². The summed E-state index contributed by atoms with van der Waals surface area (Å²) in [6.45, 7) is 6.73. The molecule has 0 aliphatic rings. The fourth-order valence-corrected chi connectivity index (χ4v) is 1.83. The van der Waals surface area contributed by atoms with E-state index in [4.69, 9.17) is 10.3 Å². The van der Waals surface area contributed by atoms with Crippen LogP contribution < -0.4 is 5.73 Å². The van der Waals surface area contributed by atoms with E-state index in [1.165, 1.54) is 16.7 Å². The van der Waals surface area contributed by atoms with Crippen molar-refractivity contribution in [3.8, 4) is 11.3 Å². The second-order valence-electron chi connectivity index (χ2n) is 4.14. The molecule has 2 rings (SSSR count). The molecule has 3 nitrogen and oxygen atoms in total. The topological polar surface area (TPSA) is 52.0 Å². The Bertz CT molecular complexity index is 515. The normalized spacial score (nSPS) is 10.8. The van der Waals surface area contributed by atoms with Crippen molar-refractivity contribution in [2.75, 3.05) is 0 Å². The van der Waals surface area contributed by atoms with E-state index < -0.39 is 0 Å². The van der Waals surface area contributed by atoms with Gasteiger partial charge in [-0.25, -0.2) is 0 Å². The fourth-order valence-electron chi connectivity index (χ4n) is 1.83. The Hall–Kier alpha value is -1.61. The highest BCUT2D eigenvalue weighted by Gasteiger charge is 2.12. The van der Waals surface area contributed by atoms with Crippen molar-refractivity contribution in [2.24, 2.45) is 5.73 Å². The van der Waals surface area contributed by atoms with Crippen molar-refractivity contribution in [3.05, 3.63) is 40.6 Å². The second-order valence-corrected chi connectivity index (χ2v) is 4.14. The lowest BCUT2D eigenvalue weighted by atomic mass is 9.98. The Morgan fingerprint density at radius 2 is 1.81 bits per heavy atom. The van der Waals surface area contributed by atoms with Crippen molar-refractivity contribution in [2.45, 2.75) is 27.3 Å². The number of aromatic nitrogens is 1. The lowest BCUT2D eigenvalue weighted by molar-refractivity contribution is 0.431. The molecule has 0 amide bonds. The molecule has 0 radical (unpaired) electrons. The Morgan fingerprint density at radius 3 is 2.50 bits per heavy atom. The summed E-state index contributed by atoms with van der Waals surface area (Å²) >= 11 is 0. The molecule has 16 heavy (non-hydrogen) atoms. The van der Waals surface area contributed by atoms with Gasteiger partial charge in [0.05, 0.1) is 6.20 Å². The van der Waals surface area contributed by atoms with Crippen LogP contribution in [0.3, 0.4) is 0 Å². The van der Waals surface area contributed by atoms with Gasteiger partial charge in [0, 0.05) is 17.7 Å². The van der Waals surface area contributed by atoms with Crippen LogP contribution in [-0.4, -0.2) is 5.16 Å². The standard InChI is InChI=1S/C13H16N2O/c1-8-4-10(3)12(5-9(8)2)13-11(6-14)7-15-16-13/h4-5,7H,6,14H2,1-3H3. The van der Waals surface area contributed by atoms with Crippen molar-refractivity contribution < 1.29 is 4.52 Å². The molecule has 2 N–H and O–H groups in total. The summed E-state index contributed by atoms with van der Waals surface area (Å²) < 4.78 is 5.29. The average Bonchev–Trinajstić information content (AvgIpc) is 2.71. The van der Waals surface area contributed by atoms with Crippen molar-refractivity contribution in [3.63, 3.8) is 0 Å². The van der Waals surface area contributed by atoms with Crippen molar-refractivity contribution in [1.29, 1.82) is 0 Å². The van der Waals surface area contributed by atoms with Crippen LogP contribution >= 0.6 is 0 Å². The monoisotopic (exact) mass is 216 g/mol. The van der Waals surface area contributed by atoms with Crippen LogP contribution in [0.1, 0.15) is 22.3 Å². The third-order valence-electron chi connectivity index (χ3n) is 2.95. The highest BCUT2D eigenvalue weighted by molar-refractivity contribution is 5.66. The average molecular weight is 216 g/mol. The molecule has 1 heterocycles. The van der Waals surface area contributed by atoms with Gasteiger partial charge < -0.3 is 10.3 Å². The van der Waals surface area contributed by atoms with Crippen LogP contribution in [0.15, 0.2) is 22.9 Å². The zero-order valence-corrected chi connectivity index (χ0v) is 9.87. The predicted octanol–water partition coefficient (Wildman–Crippen LogP) is 2.73. The number of hydrogen-bond donors (Lipinski definition) is 1. The van der Waals surface area contributed by atoms with E-state index in [9.17, 15) is 0 Å². The molecule has 1 aromatic heterocycles. The third-order valence-corrected chi connectivity index (χ3v) is 2.95. The highest BCUT2D eigenvalue weighted by atomic mass is 16.5. The second kappa shape index (κ2) is 4.10. The van der Waals surface area contributed by atoms with Crippen LogP contribution in [0.2, 0.25) is 0 Å². The summed E-state index contributed by atoms with van der Waals surface area (Å²) in [6.07, 6.45) is 1.68. The molecule has 0 aliphatic heterocycles. The minimum atomic E-state index is 0.450. The Labute approximate surface area is 95.3 Å². The first-order valence-corrected chi connectivity index (χ1v) is 5.35. The molecular formula is C13H16N2O. The van der Waals surface area contributed by atoms with E-state index >= 15 is 0 Å². The molecule has 0 saturated heterocycles. The van der Waals surface area contributed by atoms with Gasteiger partial charge in [0.15, 0.2) is 5.76 Å². The molecular weight excluding hydrogens is 200 g/mol. The van der Waals surface area contributed by atoms with Gasteiger partial charge in [-0.2, -0.15) is 0 Å². The van der Waals surface area contributed by atoms with E-state index in [2.05, 4.69) is 38.1 Å². The molecule has 0 unspecified atom stereocenters. The lowest BCUT2D eigenvalue weighted by Gasteiger charge is -2.08. The molecule has 0 spiro atoms. The SMILES string of the molecule is Cc1cc(C)c(-c2oncc2CN)cc1C. The zero-order chi connectivity index (χ0) is 11.7. The van der Waals surface area contributed by atoms with E-state index in [1.54, 1.807) is 6.20 Å². The Balaban J connectivity index is 2.60. The first kappa shape index (κ1) is 10.9. The summed E-state index contributed by atoms with van der Waals surface area (Å²) in [5, 5.41) is 3.81. The van der Waals surface area contributed by atoms with Gasteiger partial charge >= 0.3 is 0 Å². The molecule has 0 bridgehead atoms. The quantitative estimate of drug-likeness (QED) is 0.839. The summed E-state index contributed by atoms with van der Waals surface area (Å²) in [4.78, 5) is 0. The Morgan fingerprint density at radius 1 is 1.12 bits per heavy atom. The van der Waals surface area contributed by atoms with E-state index in [1.807, 2.05) is 0 Å². The van der Waals surface area contributed by atoms with E-state index in [0.717, 1.165) is 16.9 Å². The fraction of sp³-hybridized carbons (Fsp3) is 0.308. The maximum absolute atomic E-state index is 5.65. The van der Waals surface area contributed by atoms with E-state index in [0.29, 0.717) is 6.54 Å². The molecule has 84 valence electrons. The molecule has 0 fully saturated rings. The summed E-state index contributed by atoms with van der Waals surface area (Å²) in [5.74, 6) is 0.795. The van der Waals surface area contributed by atoms with Crippen LogP contribution in [0.4, 0.5) is 0 Å². The zero-order valence-electron chi connectivity index (χ0n) is 9.87. The first-order valence-electron chi connectivity index (χ1n) is 5.35. The third kappa shape index (κ3) is 1.74. The number of aryl methyl sites for hydroxylation is 3. The largest absolute Gasteiger partial charge is 0.356 e. The highest BCUT2D eigenvalue weighted by Crippen LogP contribution is 2.28. The van der Waals surface area contributed by atoms with Gasteiger partial charge in [0.25, 0.3) is 0 Å². The van der Waals surface area contributed by atoms with Crippen LogP contribution in [-0.2, 0) is 6.54 Å². The molecule has 0 saturated carbocycles. The maximum Gasteiger partial charge on any atom is 0.171 e. The summed E-state index contributed by atoms with van der Waals surface area (Å²) in [6, 6.07) is 4.29. The van der Waals surface area contributed by atoms with Gasteiger partial charge in [0.2, 0.25) is 0 Å². The summed E-state index contributed by atoms with van der Waals surface area (Å²) in [5.41, 5.74) is 11.4. The number of nitrogens with two attached hydrogens (primary N) is 1. The molecule has 3 heteroatoms. The molecule has 0 aliphatic carbocycles. The van der Waals surface area contributed by atoms with E-state index in [-0.39, 0.29) is 0 Å². The Kier molecular flexibility index (Phi) is 2.79.